The minimum Gasteiger partial charge on any atom is -0.313 e. The van der Waals surface area contributed by atoms with Crippen LogP contribution in [-0.4, -0.2) is 43.3 Å². The first kappa shape index (κ1) is 23.1. The highest BCUT2D eigenvalue weighted by molar-refractivity contribution is 7.89. The maximum Gasteiger partial charge on any atom is 0.274 e. The van der Waals surface area contributed by atoms with Crippen molar-refractivity contribution in [1.29, 1.82) is 0 Å². The lowest BCUT2D eigenvalue weighted by atomic mass is 10.0. The summed E-state index contributed by atoms with van der Waals surface area (Å²) in [6.07, 6.45) is 1.69. The van der Waals surface area contributed by atoms with Gasteiger partial charge in [0.15, 0.2) is 0 Å². The van der Waals surface area contributed by atoms with Crippen molar-refractivity contribution in [3.05, 3.63) is 46.8 Å². The van der Waals surface area contributed by atoms with Crippen LogP contribution in [0.15, 0.2) is 45.7 Å². The monoisotopic (exact) mass is 462 g/mol. The second-order valence-electron chi connectivity index (χ2n) is 7.73. The predicted octanol–water partition coefficient (Wildman–Crippen LogP) is 3.55. The smallest absolute Gasteiger partial charge is 0.274 e. The van der Waals surface area contributed by atoms with Crippen molar-refractivity contribution >= 4 is 43.9 Å². The van der Waals surface area contributed by atoms with Crippen LogP contribution in [0.1, 0.15) is 54.3 Å². The molecule has 0 atom stereocenters. The Balaban J connectivity index is 1.70. The summed E-state index contributed by atoms with van der Waals surface area (Å²) >= 11 is 1.22. The molecule has 1 aliphatic rings. The van der Waals surface area contributed by atoms with Crippen molar-refractivity contribution in [2.75, 3.05) is 18.4 Å². The van der Waals surface area contributed by atoms with E-state index in [4.69, 9.17) is 0 Å². The first-order valence-corrected chi connectivity index (χ1v) is 12.3. The van der Waals surface area contributed by atoms with Crippen molar-refractivity contribution in [2.24, 2.45) is 11.0 Å². The van der Waals surface area contributed by atoms with E-state index in [9.17, 15) is 18.0 Å². The number of benzene rings is 1. The predicted molar refractivity (Wildman–Crippen MR) is 122 cm³/mol. The first-order chi connectivity index (χ1) is 14.7. The Labute approximate surface area is 186 Å². The molecule has 0 saturated carbocycles. The third-order valence-electron chi connectivity index (χ3n) is 5.01. The van der Waals surface area contributed by atoms with Crippen molar-refractivity contribution in [3.8, 4) is 0 Å². The number of nitrogens with one attached hydrogen (secondary N) is 2. The first-order valence-electron chi connectivity index (χ1n) is 9.98. The van der Waals surface area contributed by atoms with Crippen molar-refractivity contribution < 1.29 is 18.0 Å². The Hall–Kier alpha value is -2.56. The van der Waals surface area contributed by atoms with Gasteiger partial charge in [-0.05, 0) is 68.3 Å². The summed E-state index contributed by atoms with van der Waals surface area (Å²) in [5.41, 5.74) is 3.73. The maximum atomic E-state index is 12.8. The van der Waals surface area contributed by atoms with E-state index in [2.05, 4.69) is 22.8 Å². The number of hydrogen-bond donors (Lipinski definition) is 2. The Bertz CT molecular complexity index is 1080. The van der Waals surface area contributed by atoms with Gasteiger partial charge in [0, 0.05) is 24.4 Å². The van der Waals surface area contributed by atoms with Crippen molar-refractivity contribution in [3.63, 3.8) is 0 Å². The summed E-state index contributed by atoms with van der Waals surface area (Å²) in [4.78, 5) is 25.0. The Kier molecular flexibility index (Phi) is 7.24. The minimum absolute atomic E-state index is 0.169. The fourth-order valence-electron chi connectivity index (χ4n) is 3.14. The van der Waals surface area contributed by atoms with Gasteiger partial charge in [0.25, 0.3) is 11.8 Å². The van der Waals surface area contributed by atoms with Crippen LogP contribution in [-0.2, 0) is 10.0 Å². The second-order valence-corrected chi connectivity index (χ2v) is 10.6. The van der Waals surface area contributed by atoms with E-state index < -0.39 is 21.8 Å². The number of carbonyl (C=O) groups is 2. The largest absolute Gasteiger partial charge is 0.313 e. The van der Waals surface area contributed by atoms with Gasteiger partial charge in [0.1, 0.15) is 5.00 Å². The number of thiophene rings is 1. The maximum absolute atomic E-state index is 12.8. The molecule has 10 heteroatoms. The molecule has 0 bridgehead atoms. The van der Waals surface area contributed by atoms with Crippen LogP contribution in [0.2, 0.25) is 0 Å². The standard InChI is InChI=1S/C21H26N4O4S2/c1-14(2)23-24-20(27)18-10-13-30-21(18)22-19(26)16-4-6-17(7-5-16)31(28,29)25-11-8-15(3)9-12-25/h4-7,10,13,15H,8-9,11-12H2,1-3H3,(H,22,26)(H,24,27). The molecule has 8 nitrogen and oxygen atoms in total. The highest BCUT2D eigenvalue weighted by Crippen LogP contribution is 2.26. The van der Waals surface area contributed by atoms with Gasteiger partial charge >= 0.3 is 0 Å². The molecule has 0 spiro atoms. The molecule has 1 aliphatic heterocycles. The van der Waals surface area contributed by atoms with Crippen LogP contribution < -0.4 is 10.7 Å². The third-order valence-corrected chi connectivity index (χ3v) is 7.76. The molecule has 2 aromatic rings. The summed E-state index contributed by atoms with van der Waals surface area (Å²) in [5, 5.41) is 8.69. The summed E-state index contributed by atoms with van der Waals surface area (Å²) < 4.78 is 27.2. The molecule has 2 heterocycles. The van der Waals surface area contributed by atoms with Crippen LogP contribution >= 0.6 is 11.3 Å². The SMILES string of the molecule is CC(C)=NNC(=O)c1ccsc1NC(=O)c1ccc(S(=O)(=O)N2CCC(C)CC2)cc1. The van der Waals surface area contributed by atoms with Gasteiger partial charge in [-0.3, -0.25) is 9.59 Å². The van der Waals surface area contributed by atoms with E-state index in [0.29, 0.717) is 40.8 Å². The number of sulfonamides is 1. The van der Waals surface area contributed by atoms with Crippen LogP contribution in [0.4, 0.5) is 5.00 Å². The van der Waals surface area contributed by atoms with Gasteiger partial charge in [-0.15, -0.1) is 11.3 Å². The zero-order valence-corrected chi connectivity index (χ0v) is 19.3. The molecule has 0 radical (unpaired) electrons. The van der Waals surface area contributed by atoms with Crippen LogP contribution in [0.3, 0.4) is 0 Å². The van der Waals surface area contributed by atoms with E-state index in [-0.39, 0.29) is 4.90 Å². The average Bonchev–Trinajstić information content (AvgIpc) is 3.20. The highest BCUT2D eigenvalue weighted by atomic mass is 32.2. The van der Waals surface area contributed by atoms with Crippen LogP contribution in [0.5, 0.6) is 0 Å². The average molecular weight is 463 g/mol. The number of hydrazone groups is 1. The zero-order valence-electron chi connectivity index (χ0n) is 17.7. The number of carbonyl (C=O) groups excluding carboxylic acids is 2. The van der Waals surface area contributed by atoms with E-state index in [1.165, 1.54) is 39.9 Å². The number of anilines is 1. The lowest BCUT2D eigenvalue weighted by Gasteiger charge is -2.29. The van der Waals surface area contributed by atoms with E-state index in [0.717, 1.165) is 12.8 Å². The quantitative estimate of drug-likeness (QED) is 0.505. The van der Waals surface area contributed by atoms with Gasteiger partial charge in [-0.25, -0.2) is 13.8 Å². The number of nitrogens with zero attached hydrogens (tertiary/aromatic N) is 2. The number of rotatable bonds is 6. The molecule has 166 valence electrons. The molecule has 2 amide bonds. The Morgan fingerprint density at radius 3 is 2.32 bits per heavy atom. The minimum atomic E-state index is -3.57. The van der Waals surface area contributed by atoms with Gasteiger partial charge in [0.2, 0.25) is 10.0 Å². The summed E-state index contributed by atoms with van der Waals surface area (Å²) in [6, 6.07) is 7.46. The molecule has 1 aromatic carbocycles. The molecule has 0 unspecified atom stereocenters. The topological polar surface area (TPSA) is 108 Å². The molecule has 0 aliphatic carbocycles. The molecule has 2 N–H and O–H groups in total. The fourth-order valence-corrected chi connectivity index (χ4v) is 5.38. The normalized spacial score (nSPS) is 15.3. The highest BCUT2D eigenvalue weighted by Gasteiger charge is 2.28. The summed E-state index contributed by atoms with van der Waals surface area (Å²) in [5.74, 6) is -0.322. The third kappa shape index (κ3) is 5.57. The van der Waals surface area contributed by atoms with Gasteiger partial charge < -0.3 is 5.32 Å². The lowest BCUT2D eigenvalue weighted by molar-refractivity contribution is 0.0956. The van der Waals surface area contributed by atoms with Crippen LogP contribution in [0.25, 0.3) is 0 Å². The Morgan fingerprint density at radius 1 is 1.06 bits per heavy atom. The number of amides is 2. The molecule has 1 aromatic heterocycles. The summed E-state index contributed by atoms with van der Waals surface area (Å²) in [6.45, 7) is 6.66. The molecule has 3 rings (SSSR count). The molecule has 1 saturated heterocycles. The Morgan fingerprint density at radius 2 is 1.71 bits per heavy atom. The van der Waals surface area contributed by atoms with E-state index in [1.54, 1.807) is 25.3 Å². The van der Waals surface area contributed by atoms with Gasteiger partial charge in [-0.1, -0.05) is 6.92 Å². The molecular formula is C21H26N4O4S2. The number of piperidine rings is 1. The van der Waals surface area contributed by atoms with Gasteiger partial charge in [-0.2, -0.15) is 9.41 Å². The molecule has 31 heavy (non-hydrogen) atoms. The summed E-state index contributed by atoms with van der Waals surface area (Å²) in [7, 11) is -3.57. The second kappa shape index (κ2) is 9.71. The van der Waals surface area contributed by atoms with Gasteiger partial charge in [0.05, 0.1) is 10.5 Å². The molecular weight excluding hydrogens is 436 g/mol. The lowest BCUT2D eigenvalue weighted by Crippen LogP contribution is -2.37. The zero-order chi connectivity index (χ0) is 22.6. The van der Waals surface area contributed by atoms with Crippen molar-refractivity contribution in [2.45, 2.75) is 38.5 Å². The molecule has 1 fully saturated rings. The number of hydrogen-bond acceptors (Lipinski definition) is 6. The van der Waals surface area contributed by atoms with E-state index >= 15 is 0 Å². The van der Waals surface area contributed by atoms with Crippen molar-refractivity contribution in [1.82, 2.24) is 9.73 Å². The fraction of sp³-hybridized carbons (Fsp3) is 0.381. The van der Waals surface area contributed by atoms with E-state index in [1.807, 2.05) is 0 Å². The van der Waals surface area contributed by atoms with Crippen LogP contribution in [0, 0.1) is 5.92 Å².